The number of carboxylic acids is 1. The van der Waals surface area contributed by atoms with Crippen LogP contribution in [0.2, 0.25) is 0 Å². The van der Waals surface area contributed by atoms with Crippen LogP contribution in [0.15, 0.2) is 42.7 Å². The molecule has 0 fully saturated rings. The summed E-state index contributed by atoms with van der Waals surface area (Å²) in [6.45, 7) is 2.57. The maximum absolute atomic E-state index is 10.9. The summed E-state index contributed by atoms with van der Waals surface area (Å²) >= 11 is 0. The number of hydrogen-bond acceptors (Lipinski definition) is 4. The lowest BCUT2D eigenvalue weighted by molar-refractivity contribution is -0.135. The molecule has 104 valence electrons. The van der Waals surface area contributed by atoms with E-state index in [0.29, 0.717) is 12.4 Å². The van der Waals surface area contributed by atoms with E-state index in [4.69, 9.17) is 5.11 Å². The predicted octanol–water partition coefficient (Wildman–Crippen LogP) is 2.44. The average Bonchev–Trinajstić information content (AvgIpc) is 2.47. The number of aliphatic carboxylic acids is 1. The van der Waals surface area contributed by atoms with E-state index in [2.05, 4.69) is 9.97 Å². The van der Waals surface area contributed by atoms with Crippen LogP contribution in [0.3, 0.4) is 0 Å². The zero-order chi connectivity index (χ0) is 14.4. The Morgan fingerprint density at radius 3 is 2.65 bits per heavy atom. The summed E-state index contributed by atoms with van der Waals surface area (Å²) in [7, 11) is 0. The van der Waals surface area contributed by atoms with Gasteiger partial charge in [0, 0.05) is 12.1 Å². The molecule has 0 radical (unpaired) electrons. The third-order valence-corrected chi connectivity index (χ3v) is 2.84. The first-order valence-electron chi connectivity index (χ1n) is 6.55. The highest BCUT2D eigenvalue weighted by molar-refractivity contribution is 5.73. The molecule has 0 atom stereocenters. The van der Waals surface area contributed by atoms with Crippen LogP contribution in [-0.2, 0) is 4.79 Å². The maximum Gasteiger partial charge on any atom is 0.323 e. The minimum atomic E-state index is -0.870. The van der Waals surface area contributed by atoms with E-state index in [-0.39, 0.29) is 6.54 Å². The summed E-state index contributed by atoms with van der Waals surface area (Å²) in [4.78, 5) is 21.3. The maximum atomic E-state index is 10.9. The average molecular weight is 271 g/mol. The third kappa shape index (κ3) is 3.54. The van der Waals surface area contributed by atoms with Crippen molar-refractivity contribution in [2.45, 2.75) is 13.3 Å². The lowest BCUT2D eigenvalue weighted by atomic mass is 10.2. The van der Waals surface area contributed by atoms with Gasteiger partial charge in [-0.15, -0.1) is 0 Å². The number of carbonyl (C=O) groups is 1. The van der Waals surface area contributed by atoms with Gasteiger partial charge < -0.3 is 10.0 Å². The number of carboxylic acid groups (broad SMARTS) is 1. The second-order valence-electron chi connectivity index (χ2n) is 4.44. The van der Waals surface area contributed by atoms with E-state index >= 15 is 0 Å². The van der Waals surface area contributed by atoms with Crippen molar-refractivity contribution in [3.05, 3.63) is 42.7 Å². The Labute approximate surface area is 117 Å². The van der Waals surface area contributed by atoms with Crippen LogP contribution in [-0.4, -0.2) is 34.1 Å². The summed E-state index contributed by atoms with van der Waals surface area (Å²) in [6, 6.07) is 9.72. The minimum Gasteiger partial charge on any atom is -0.480 e. The Morgan fingerprint density at radius 2 is 2.00 bits per heavy atom. The van der Waals surface area contributed by atoms with Gasteiger partial charge in [-0.2, -0.15) is 0 Å². The van der Waals surface area contributed by atoms with Crippen LogP contribution in [0.1, 0.15) is 13.3 Å². The first-order valence-corrected chi connectivity index (χ1v) is 6.55. The van der Waals surface area contributed by atoms with Gasteiger partial charge in [0.25, 0.3) is 0 Å². The highest BCUT2D eigenvalue weighted by atomic mass is 16.4. The molecule has 0 spiro atoms. The molecule has 1 aromatic heterocycles. The van der Waals surface area contributed by atoms with E-state index < -0.39 is 5.97 Å². The number of nitrogens with zero attached hydrogens (tertiary/aromatic N) is 3. The van der Waals surface area contributed by atoms with Gasteiger partial charge in [0.1, 0.15) is 12.4 Å². The Kier molecular flexibility index (Phi) is 4.65. The quantitative estimate of drug-likeness (QED) is 0.874. The van der Waals surface area contributed by atoms with Crippen LogP contribution in [0.25, 0.3) is 11.3 Å². The van der Waals surface area contributed by atoms with Crippen molar-refractivity contribution < 1.29 is 9.90 Å². The minimum absolute atomic E-state index is 0.0687. The molecule has 0 amide bonds. The molecule has 5 nitrogen and oxygen atoms in total. The van der Waals surface area contributed by atoms with Gasteiger partial charge in [-0.3, -0.25) is 9.78 Å². The van der Waals surface area contributed by atoms with E-state index in [9.17, 15) is 4.79 Å². The topological polar surface area (TPSA) is 66.3 Å². The monoisotopic (exact) mass is 271 g/mol. The van der Waals surface area contributed by atoms with Crippen molar-refractivity contribution in [1.29, 1.82) is 0 Å². The molecule has 1 N–H and O–H groups in total. The van der Waals surface area contributed by atoms with Gasteiger partial charge in [-0.05, 0) is 6.42 Å². The van der Waals surface area contributed by atoms with Crippen LogP contribution >= 0.6 is 0 Å². The van der Waals surface area contributed by atoms with Gasteiger partial charge in [-0.25, -0.2) is 4.98 Å². The van der Waals surface area contributed by atoms with Gasteiger partial charge in [-0.1, -0.05) is 37.3 Å². The number of hydrogen-bond donors (Lipinski definition) is 1. The highest BCUT2D eigenvalue weighted by Crippen LogP contribution is 2.19. The number of rotatable bonds is 6. The Balaban J connectivity index is 2.30. The molecule has 20 heavy (non-hydrogen) atoms. The molecule has 2 rings (SSSR count). The Hall–Kier alpha value is -2.43. The smallest absolute Gasteiger partial charge is 0.323 e. The van der Waals surface area contributed by atoms with Gasteiger partial charge >= 0.3 is 5.97 Å². The molecular weight excluding hydrogens is 254 g/mol. The zero-order valence-corrected chi connectivity index (χ0v) is 11.4. The van der Waals surface area contributed by atoms with Crippen LogP contribution in [0.5, 0.6) is 0 Å². The molecule has 0 saturated carbocycles. The summed E-state index contributed by atoms with van der Waals surface area (Å²) in [5, 5.41) is 8.97. The van der Waals surface area contributed by atoms with Crippen molar-refractivity contribution in [2.75, 3.05) is 18.0 Å². The predicted molar refractivity (Wildman–Crippen MR) is 77.6 cm³/mol. The molecule has 0 aliphatic heterocycles. The van der Waals surface area contributed by atoms with Crippen LogP contribution < -0.4 is 4.90 Å². The number of benzene rings is 1. The summed E-state index contributed by atoms with van der Waals surface area (Å²) < 4.78 is 0. The first kappa shape index (κ1) is 14.0. The van der Waals surface area contributed by atoms with Crippen molar-refractivity contribution in [1.82, 2.24) is 9.97 Å². The largest absolute Gasteiger partial charge is 0.480 e. The van der Waals surface area contributed by atoms with Gasteiger partial charge in [0.2, 0.25) is 0 Å². The highest BCUT2D eigenvalue weighted by Gasteiger charge is 2.12. The fourth-order valence-corrected chi connectivity index (χ4v) is 1.96. The van der Waals surface area contributed by atoms with Gasteiger partial charge in [0.05, 0.1) is 18.1 Å². The van der Waals surface area contributed by atoms with Gasteiger partial charge in [0.15, 0.2) is 0 Å². The Morgan fingerprint density at radius 1 is 1.25 bits per heavy atom. The molecule has 2 aromatic rings. The van der Waals surface area contributed by atoms with Crippen molar-refractivity contribution >= 4 is 11.8 Å². The fourth-order valence-electron chi connectivity index (χ4n) is 1.96. The van der Waals surface area contributed by atoms with E-state index in [1.54, 1.807) is 17.3 Å². The Bertz CT molecular complexity index is 572. The zero-order valence-electron chi connectivity index (χ0n) is 11.4. The first-order chi connectivity index (χ1) is 9.70. The lowest BCUT2D eigenvalue weighted by Gasteiger charge is -2.20. The summed E-state index contributed by atoms with van der Waals surface area (Å²) in [5.74, 6) is -0.277. The summed E-state index contributed by atoms with van der Waals surface area (Å²) in [6.07, 6.45) is 4.14. The molecule has 0 unspecified atom stereocenters. The van der Waals surface area contributed by atoms with Crippen molar-refractivity contribution in [3.8, 4) is 11.3 Å². The van der Waals surface area contributed by atoms with E-state index in [1.807, 2.05) is 37.3 Å². The second kappa shape index (κ2) is 6.65. The molecule has 5 heteroatoms. The standard InChI is InChI=1S/C15H17N3O2/c1-2-8-18(11-15(19)20)14-10-16-9-13(17-14)12-6-4-3-5-7-12/h3-7,9-10H,2,8,11H2,1H3,(H,19,20). The lowest BCUT2D eigenvalue weighted by Crippen LogP contribution is -2.31. The van der Waals surface area contributed by atoms with E-state index in [1.165, 1.54) is 0 Å². The van der Waals surface area contributed by atoms with Crippen LogP contribution in [0.4, 0.5) is 5.82 Å². The molecule has 0 aliphatic rings. The van der Waals surface area contributed by atoms with E-state index in [0.717, 1.165) is 17.7 Å². The van der Waals surface area contributed by atoms with Crippen molar-refractivity contribution in [2.24, 2.45) is 0 Å². The molecule has 0 bridgehead atoms. The van der Waals surface area contributed by atoms with Crippen LogP contribution in [0, 0.1) is 0 Å². The summed E-state index contributed by atoms with van der Waals surface area (Å²) in [5.41, 5.74) is 1.71. The normalized spacial score (nSPS) is 10.2. The molecule has 0 saturated heterocycles. The molecule has 1 heterocycles. The molecule has 0 aliphatic carbocycles. The molecule has 1 aromatic carbocycles. The second-order valence-corrected chi connectivity index (χ2v) is 4.44. The number of anilines is 1. The third-order valence-electron chi connectivity index (χ3n) is 2.84. The van der Waals surface area contributed by atoms with Crippen molar-refractivity contribution in [3.63, 3.8) is 0 Å². The number of aromatic nitrogens is 2. The SMILES string of the molecule is CCCN(CC(=O)O)c1cncc(-c2ccccc2)n1. The molecular formula is C15H17N3O2. The fraction of sp³-hybridized carbons (Fsp3) is 0.267.